The first-order valence-electron chi connectivity index (χ1n) is 3.67. The monoisotopic (exact) mass is 156 g/mol. The second kappa shape index (κ2) is 4.31. The van der Waals surface area contributed by atoms with E-state index in [0.717, 1.165) is 0 Å². The summed E-state index contributed by atoms with van der Waals surface area (Å²) in [4.78, 5) is 0. The third-order valence-electron chi connectivity index (χ3n) is 1.67. The number of hydrogen-bond donors (Lipinski definition) is 2. The highest BCUT2D eigenvalue weighted by Gasteiger charge is 2.27. The van der Waals surface area contributed by atoms with Crippen LogP contribution in [-0.2, 0) is 0 Å². The Balaban J connectivity index is 4.03. The van der Waals surface area contributed by atoms with Gasteiger partial charge in [0.2, 0.25) is 0 Å². The minimum atomic E-state index is -1.07. The third-order valence-corrected chi connectivity index (χ3v) is 1.67. The molecule has 0 aromatic carbocycles. The summed E-state index contributed by atoms with van der Waals surface area (Å²) in [6, 6.07) is 0. The normalized spacial score (nSPS) is 18.5. The van der Waals surface area contributed by atoms with Crippen LogP contribution < -0.4 is 0 Å². The van der Waals surface area contributed by atoms with E-state index >= 15 is 0 Å². The molecule has 0 aromatic heterocycles. The standard InChI is InChI=1S/C9H16O2/c1-4-6-8(10)9(3,11)7-5-2/h4-5,8,10-11H,1-2,6-7H2,3H3. The van der Waals surface area contributed by atoms with Gasteiger partial charge in [-0.05, 0) is 19.8 Å². The van der Waals surface area contributed by atoms with E-state index < -0.39 is 11.7 Å². The van der Waals surface area contributed by atoms with E-state index in [1.54, 1.807) is 19.1 Å². The van der Waals surface area contributed by atoms with Crippen LogP contribution >= 0.6 is 0 Å². The first-order chi connectivity index (χ1) is 5.04. The van der Waals surface area contributed by atoms with Gasteiger partial charge in [-0.15, -0.1) is 13.2 Å². The molecule has 0 aliphatic heterocycles. The van der Waals surface area contributed by atoms with Crippen LogP contribution in [0.1, 0.15) is 19.8 Å². The van der Waals surface area contributed by atoms with Crippen molar-refractivity contribution in [3.8, 4) is 0 Å². The zero-order valence-corrected chi connectivity index (χ0v) is 6.95. The van der Waals surface area contributed by atoms with Gasteiger partial charge in [-0.2, -0.15) is 0 Å². The summed E-state index contributed by atoms with van der Waals surface area (Å²) in [5.41, 5.74) is -1.07. The Morgan fingerprint density at radius 3 is 2.36 bits per heavy atom. The fourth-order valence-electron chi connectivity index (χ4n) is 0.840. The molecule has 2 N–H and O–H groups in total. The van der Waals surface area contributed by atoms with Crippen LogP contribution in [-0.4, -0.2) is 21.9 Å². The van der Waals surface area contributed by atoms with Crippen LogP contribution in [0, 0.1) is 0 Å². The number of aliphatic hydroxyl groups is 2. The summed E-state index contributed by atoms with van der Waals surface area (Å²) >= 11 is 0. The maximum Gasteiger partial charge on any atom is 0.0914 e. The SMILES string of the molecule is C=CCC(O)C(C)(O)CC=C. The second-order valence-electron chi connectivity index (χ2n) is 2.89. The summed E-state index contributed by atoms with van der Waals surface area (Å²) < 4.78 is 0. The van der Waals surface area contributed by atoms with Gasteiger partial charge in [-0.25, -0.2) is 0 Å². The predicted octanol–water partition coefficient (Wildman–Crippen LogP) is 1.25. The van der Waals surface area contributed by atoms with E-state index in [9.17, 15) is 10.2 Å². The molecule has 0 radical (unpaired) electrons. The second-order valence-corrected chi connectivity index (χ2v) is 2.89. The predicted molar refractivity (Wildman–Crippen MR) is 46.3 cm³/mol. The van der Waals surface area contributed by atoms with Crippen molar-refractivity contribution in [1.82, 2.24) is 0 Å². The van der Waals surface area contributed by atoms with E-state index in [1.165, 1.54) is 0 Å². The van der Waals surface area contributed by atoms with Crippen molar-refractivity contribution in [3.63, 3.8) is 0 Å². The number of aliphatic hydroxyl groups excluding tert-OH is 1. The molecule has 2 unspecified atom stereocenters. The topological polar surface area (TPSA) is 40.5 Å². The lowest BCUT2D eigenvalue weighted by atomic mass is 9.93. The van der Waals surface area contributed by atoms with E-state index in [-0.39, 0.29) is 0 Å². The minimum absolute atomic E-state index is 0.391. The molecule has 0 rings (SSSR count). The van der Waals surface area contributed by atoms with Crippen LogP contribution in [0.5, 0.6) is 0 Å². The average Bonchev–Trinajstić information content (AvgIpc) is 1.88. The first kappa shape index (κ1) is 10.4. The lowest BCUT2D eigenvalue weighted by molar-refractivity contribution is -0.0570. The summed E-state index contributed by atoms with van der Waals surface area (Å²) in [6.45, 7) is 8.55. The van der Waals surface area contributed by atoms with Crippen molar-refractivity contribution < 1.29 is 10.2 Å². The zero-order chi connectivity index (χ0) is 8.91. The lowest BCUT2D eigenvalue weighted by Crippen LogP contribution is -2.38. The van der Waals surface area contributed by atoms with Gasteiger partial charge in [0.05, 0.1) is 11.7 Å². The Labute approximate surface area is 67.9 Å². The molecule has 0 saturated heterocycles. The summed E-state index contributed by atoms with van der Waals surface area (Å²) in [5.74, 6) is 0. The molecule has 0 aromatic rings. The number of hydrogen-bond acceptors (Lipinski definition) is 2. The maximum atomic E-state index is 9.55. The highest BCUT2D eigenvalue weighted by molar-refractivity contribution is 4.91. The smallest absolute Gasteiger partial charge is 0.0914 e. The molecule has 0 bridgehead atoms. The van der Waals surface area contributed by atoms with Gasteiger partial charge in [-0.3, -0.25) is 0 Å². The van der Waals surface area contributed by atoms with Gasteiger partial charge in [0.25, 0.3) is 0 Å². The lowest BCUT2D eigenvalue weighted by Gasteiger charge is -2.26. The molecule has 64 valence electrons. The Bertz CT molecular complexity index is 138. The van der Waals surface area contributed by atoms with Crippen molar-refractivity contribution in [2.45, 2.75) is 31.5 Å². The molecule has 0 saturated carbocycles. The number of rotatable bonds is 5. The fourth-order valence-corrected chi connectivity index (χ4v) is 0.840. The van der Waals surface area contributed by atoms with Crippen LogP contribution in [0.4, 0.5) is 0 Å². The third kappa shape index (κ3) is 3.35. The summed E-state index contributed by atoms with van der Waals surface area (Å²) in [5, 5.41) is 18.9. The van der Waals surface area contributed by atoms with Gasteiger partial charge < -0.3 is 10.2 Å². The molecule has 2 nitrogen and oxygen atoms in total. The molecule has 0 fully saturated rings. The Hall–Kier alpha value is -0.600. The van der Waals surface area contributed by atoms with Crippen molar-refractivity contribution in [2.75, 3.05) is 0 Å². The fraction of sp³-hybridized carbons (Fsp3) is 0.556. The van der Waals surface area contributed by atoms with Gasteiger partial charge >= 0.3 is 0 Å². The van der Waals surface area contributed by atoms with Crippen molar-refractivity contribution in [2.24, 2.45) is 0 Å². The molecular weight excluding hydrogens is 140 g/mol. The largest absolute Gasteiger partial charge is 0.390 e. The minimum Gasteiger partial charge on any atom is -0.390 e. The van der Waals surface area contributed by atoms with Crippen molar-refractivity contribution in [1.29, 1.82) is 0 Å². The van der Waals surface area contributed by atoms with E-state index in [2.05, 4.69) is 13.2 Å². The molecule has 0 heterocycles. The Kier molecular flexibility index (Phi) is 4.08. The van der Waals surface area contributed by atoms with Gasteiger partial charge in [0, 0.05) is 0 Å². The Morgan fingerprint density at radius 1 is 1.45 bits per heavy atom. The summed E-state index contributed by atoms with van der Waals surface area (Å²) in [7, 11) is 0. The molecular formula is C9H16O2. The molecule has 2 atom stereocenters. The quantitative estimate of drug-likeness (QED) is 0.588. The molecule has 0 spiro atoms. The van der Waals surface area contributed by atoms with Gasteiger partial charge in [0.15, 0.2) is 0 Å². The van der Waals surface area contributed by atoms with Crippen LogP contribution in [0.3, 0.4) is 0 Å². The first-order valence-corrected chi connectivity index (χ1v) is 3.67. The van der Waals surface area contributed by atoms with E-state index in [0.29, 0.717) is 12.8 Å². The zero-order valence-electron chi connectivity index (χ0n) is 6.95. The van der Waals surface area contributed by atoms with Crippen molar-refractivity contribution >= 4 is 0 Å². The average molecular weight is 156 g/mol. The molecule has 0 amide bonds. The summed E-state index contributed by atoms with van der Waals surface area (Å²) in [6.07, 6.45) is 3.22. The van der Waals surface area contributed by atoms with Gasteiger partial charge in [0.1, 0.15) is 0 Å². The molecule has 11 heavy (non-hydrogen) atoms. The van der Waals surface area contributed by atoms with Gasteiger partial charge in [-0.1, -0.05) is 12.2 Å². The molecule has 2 heteroatoms. The van der Waals surface area contributed by atoms with E-state index in [4.69, 9.17) is 0 Å². The Morgan fingerprint density at radius 2 is 2.00 bits per heavy atom. The highest BCUT2D eigenvalue weighted by Crippen LogP contribution is 2.17. The highest BCUT2D eigenvalue weighted by atomic mass is 16.3. The van der Waals surface area contributed by atoms with E-state index in [1.807, 2.05) is 0 Å². The van der Waals surface area contributed by atoms with Crippen molar-refractivity contribution in [3.05, 3.63) is 25.3 Å². The van der Waals surface area contributed by atoms with Crippen LogP contribution in [0.25, 0.3) is 0 Å². The van der Waals surface area contributed by atoms with Crippen LogP contribution in [0.15, 0.2) is 25.3 Å². The maximum absolute atomic E-state index is 9.55. The van der Waals surface area contributed by atoms with Crippen LogP contribution in [0.2, 0.25) is 0 Å². The molecule has 0 aliphatic rings. The molecule has 0 aliphatic carbocycles.